The van der Waals surface area contributed by atoms with Crippen LogP contribution in [0.5, 0.6) is 0 Å². The van der Waals surface area contributed by atoms with E-state index in [2.05, 4.69) is 25.3 Å². The van der Waals surface area contributed by atoms with Crippen molar-refractivity contribution in [3.05, 3.63) is 35.3 Å². The second-order valence-electron chi connectivity index (χ2n) is 5.42. The molecule has 0 aromatic carbocycles. The summed E-state index contributed by atoms with van der Waals surface area (Å²) in [5.41, 5.74) is 3.06. The number of anilines is 1. The lowest BCUT2D eigenvalue weighted by molar-refractivity contribution is 0.177. The normalized spacial score (nSPS) is 17.8. The van der Waals surface area contributed by atoms with Gasteiger partial charge in [0.05, 0.1) is 30.9 Å². The topological polar surface area (TPSA) is 85.0 Å². The second kappa shape index (κ2) is 6.85. The minimum absolute atomic E-state index is 0.339. The van der Waals surface area contributed by atoms with Crippen LogP contribution >= 0.6 is 0 Å². The van der Waals surface area contributed by atoms with Gasteiger partial charge in [-0.1, -0.05) is 0 Å². The Morgan fingerprint density at radius 3 is 3.05 bits per heavy atom. The van der Waals surface area contributed by atoms with Crippen LogP contribution in [0.2, 0.25) is 0 Å². The van der Waals surface area contributed by atoms with E-state index in [4.69, 9.17) is 9.47 Å². The Kier molecular flexibility index (Phi) is 4.65. The molecule has 7 heteroatoms. The van der Waals surface area contributed by atoms with Crippen LogP contribution in [0.1, 0.15) is 35.2 Å². The summed E-state index contributed by atoms with van der Waals surface area (Å²) in [6.45, 7) is 4.55. The van der Waals surface area contributed by atoms with E-state index in [0.717, 1.165) is 42.5 Å². The third-order valence-corrected chi connectivity index (χ3v) is 3.78. The lowest BCUT2D eigenvalue weighted by Crippen LogP contribution is -2.10. The van der Waals surface area contributed by atoms with Crippen LogP contribution < -0.4 is 5.32 Å². The highest BCUT2D eigenvalue weighted by Crippen LogP contribution is 2.25. The number of ether oxygens (including phenoxy) is 2. The van der Waals surface area contributed by atoms with Crippen molar-refractivity contribution in [2.45, 2.75) is 32.4 Å². The van der Waals surface area contributed by atoms with Crippen LogP contribution in [0, 0.1) is 6.92 Å². The van der Waals surface area contributed by atoms with E-state index in [-0.39, 0.29) is 0 Å². The Bertz CT molecular complexity index is 622. The fourth-order valence-electron chi connectivity index (χ4n) is 2.52. The lowest BCUT2D eigenvalue weighted by atomic mass is 10.0. The van der Waals surface area contributed by atoms with Crippen LogP contribution in [0.3, 0.4) is 0 Å². The first-order valence-corrected chi connectivity index (χ1v) is 7.43. The first-order valence-electron chi connectivity index (χ1n) is 7.43. The maximum atomic E-state index is 5.46. The maximum absolute atomic E-state index is 5.46. The summed E-state index contributed by atoms with van der Waals surface area (Å²) in [5, 5.41) is 3.32. The molecule has 1 saturated heterocycles. The van der Waals surface area contributed by atoms with Gasteiger partial charge in [-0.25, -0.2) is 15.0 Å². The van der Waals surface area contributed by atoms with Crippen molar-refractivity contribution < 1.29 is 9.47 Å². The van der Waals surface area contributed by atoms with Gasteiger partial charge in [-0.05, 0) is 13.3 Å². The van der Waals surface area contributed by atoms with Crippen LogP contribution in [0.15, 0.2) is 12.4 Å². The number of hydrogen-bond donors (Lipinski definition) is 2. The summed E-state index contributed by atoms with van der Waals surface area (Å²) >= 11 is 0. The number of imidazole rings is 1. The zero-order valence-corrected chi connectivity index (χ0v) is 12.9. The average molecular weight is 303 g/mol. The fraction of sp³-hybridized carbons (Fsp3) is 0.533. The Labute approximate surface area is 129 Å². The van der Waals surface area contributed by atoms with Crippen LogP contribution in [-0.2, 0) is 22.6 Å². The Hall–Kier alpha value is -1.99. The molecule has 0 amide bonds. The van der Waals surface area contributed by atoms with Gasteiger partial charge in [-0.3, -0.25) is 0 Å². The molecular formula is C15H21N5O2. The lowest BCUT2D eigenvalue weighted by Gasteiger charge is -2.12. The summed E-state index contributed by atoms with van der Waals surface area (Å²) in [4.78, 5) is 16.4. The predicted molar refractivity (Wildman–Crippen MR) is 81.6 cm³/mol. The fourth-order valence-corrected chi connectivity index (χ4v) is 2.52. The van der Waals surface area contributed by atoms with Crippen molar-refractivity contribution in [2.24, 2.45) is 0 Å². The van der Waals surface area contributed by atoms with Crippen molar-refractivity contribution in [1.29, 1.82) is 0 Å². The largest absolute Gasteiger partial charge is 0.381 e. The smallest absolute Gasteiger partial charge is 0.156 e. The summed E-state index contributed by atoms with van der Waals surface area (Å²) in [5.74, 6) is 1.82. The molecule has 1 aliphatic heterocycles. The number of aromatic nitrogens is 4. The highest BCUT2D eigenvalue weighted by molar-refractivity contribution is 5.38. The van der Waals surface area contributed by atoms with E-state index in [1.807, 2.05) is 13.0 Å². The minimum Gasteiger partial charge on any atom is -0.381 e. The van der Waals surface area contributed by atoms with Crippen LogP contribution in [-0.4, -0.2) is 40.3 Å². The monoisotopic (exact) mass is 303 g/mol. The SMILES string of the molecule is COCc1nc(NCc2nc[nH]c2C)cc(C2CCOC2)n1. The second-order valence-corrected chi connectivity index (χ2v) is 5.42. The van der Waals surface area contributed by atoms with E-state index >= 15 is 0 Å². The number of hydrogen-bond acceptors (Lipinski definition) is 6. The average Bonchev–Trinajstić information content (AvgIpc) is 3.17. The molecule has 1 unspecified atom stereocenters. The number of H-pyrrole nitrogens is 1. The molecular weight excluding hydrogens is 282 g/mol. The van der Waals surface area contributed by atoms with Crippen molar-refractivity contribution in [1.82, 2.24) is 19.9 Å². The first kappa shape index (κ1) is 14.9. The quantitative estimate of drug-likeness (QED) is 0.846. The van der Waals surface area contributed by atoms with E-state index in [9.17, 15) is 0 Å². The standard InChI is InChI=1S/C15H21N5O2/c1-10-13(18-9-17-10)6-16-14-5-12(11-3-4-22-7-11)19-15(20-14)8-21-2/h5,9,11H,3-4,6-8H2,1-2H3,(H,17,18)(H,16,19,20). The molecule has 1 fully saturated rings. The van der Waals surface area contributed by atoms with E-state index < -0.39 is 0 Å². The number of nitrogens with zero attached hydrogens (tertiary/aromatic N) is 3. The van der Waals surface area contributed by atoms with E-state index in [1.165, 1.54) is 0 Å². The van der Waals surface area contributed by atoms with Crippen molar-refractivity contribution in [3.8, 4) is 0 Å². The van der Waals surface area contributed by atoms with E-state index in [1.54, 1.807) is 13.4 Å². The number of aryl methyl sites for hydroxylation is 1. The number of methoxy groups -OCH3 is 1. The molecule has 7 nitrogen and oxygen atoms in total. The van der Waals surface area contributed by atoms with Gasteiger partial charge in [0, 0.05) is 31.4 Å². The summed E-state index contributed by atoms with van der Waals surface area (Å²) in [6.07, 6.45) is 2.70. The number of aromatic amines is 1. The molecule has 3 rings (SSSR count). The Morgan fingerprint density at radius 1 is 1.45 bits per heavy atom. The molecule has 3 heterocycles. The van der Waals surface area contributed by atoms with Gasteiger partial charge in [-0.15, -0.1) is 0 Å². The number of rotatable bonds is 6. The van der Waals surface area contributed by atoms with Gasteiger partial charge in [0.25, 0.3) is 0 Å². The molecule has 2 aromatic rings. The molecule has 0 radical (unpaired) electrons. The van der Waals surface area contributed by atoms with Gasteiger partial charge in [0.15, 0.2) is 5.82 Å². The molecule has 22 heavy (non-hydrogen) atoms. The minimum atomic E-state index is 0.339. The van der Waals surface area contributed by atoms with Crippen molar-refractivity contribution >= 4 is 5.82 Å². The molecule has 0 saturated carbocycles. The van der Waals surface area contributed by atoms with Gasteiger partial charge >= 0.3 is 0 Å². The third-order valence-electron chi connectivity index (χ3n) is 3.78. The van der Waals surface area contributed by atoms with E-state index in [0.29, 0.717) is 24.9 Å². The van der Waals surface area contributed by atoms with Crippen LogP contribution in [0.4, 0.5) is 5.82 Å². The van der Waals surface area contributed by atoms with Gasteiger partial charge < -0.3 is 19.8 Å². The molecule has 0 aliphatic carbocycles. The van der Waals surface area contributed by atoms with Gasteiger partial charge in [-0.2, -0.15) is 0 Å². The molecule has 1 atom stereocenters. The molecule has 2 aromatic heterocycles. The highest BCUT2D eigenvalue weighted by Gasteiger charge is 2.20. The molecule has 118 valence electrons. The molecule has 0 spiro atoms. The molecule has 0 bridgehead atoms. The first-order chi connectivity index (χ1) is 10.8. The molecule has 1 aliphatic rings. The van der Waals surface area contributed by atoms with Gasteiger partial charge in [0.2, 0.25) is 0 Å². The number of nitrogens with one attached hydrogen (secondary N) is 2. The van der Waals surface area contributed by atoms with Gasteiger partial charge in [0.1, 0.15) is 12.4 Å². The van der Waals surface area contributed by atoms with Crippen molar-refractivity contribution in [2.75, 3.05) is 25.6 Å². The maximum Gasteiger partial charge on any atom is 0.156 e. The third kappa shape index (κ3) is 3.42. The summed E-state index contributed by atoms with van der Waals surface area (Å²) < 4.78 is 10.6. The zero-order chi connectivity index (χ0) is 15.4. The highest BCUT2D eigenvalue weighted by atomic mass is 16.5. The molecule has 2 N–H and O–H groups in total. The Morgan fingerprint density at radius 2 is 2.36 bits per heavy atom. The predicted octanol–water partition coefficient (Wildman–Crippen LogP) is 1.77. The Balaban J connectivity index is 1.77. The van der Waals surface area contributed by atoms with Crippen molar-refractivity contribution in [3.63, 3.8) is 0 Å². The summed E-state index contributed by atoms with van der Waals surface area (Å²) in [7, 11) is 1.65. The zero-order valence-electron chi connectivity index (χ0n) is 12.9. The van der Waals surface area contributed by atoms with Crippen LogP contribution in [0.25, 0.3) is 0 Å². The summed E-state index contributed by atoms with van der Waals surface area (Å²) in [6, 6.07) is 2.00.